The molecule has 86 valence electrons. The SMILES string of the molecule is CC1CC(C2OC2C)C2CS(=O)(=O)CC12. The largest absolute Gasteiger partial charge is 0.370 e. The van der Waals surface area contributed by atoms with Crippen molar-refractivity contribution in [2.24, 2.45) is 23.7 Å². The normalized spacial score (nSPS) is 56.7. The fraction of sp³-hybridized carbons (Fsp3) is 1.00. The highest BCUT2D eigenvalue weighted by atomic mass is 32.2. The molecule has 3 nitrogen and oxygen atoms in total. The second-order valence-corrected chi connectivity index (χ2v) is 7.74. The predicted octanol–water partition coefficient (Wildman–Crippen LogP) is 1.09. The molecule has 15 heavy (non-hydrogen) atoms. The van der Waals surface area contributed by atoms with Crippen LogP contribution in [-0.2, 0) is 14.6 Å². The molecular formula is C11H18O3S. The van der Waals surface area contributed by atoms with Crippen molar-refractivity contribution in [1.29, 1.82) is 0 Å². The molecule has 2 saturated heterocycles. The van der Waals surface area contributed by atoms with E-state index in [2.05, 4.69) is 13.8 Å². The summed E-state index contributed by atoms with van der Waals surface area (Å²) in [6, 6.07) is 0. The van der Waals surface area contributed by atoms with Gasteiger partial charge in [0.15, 0.2) is 9.84 Å². The van der Waals surface area contributed by atoms with Crippen molar-refractivity contribution in [2.45, 2.75) is 32.5 Å². The molecule has 2 heterocycles. The van der Waals surface area contributed by atoms with Crippen LogP contribution in [0, 0.1) is 23.7 Å². The number of ether oxygens (including phenoxy) is 1. The molecule has 3 fully saturated rings. The molecular weight excluding hydrogens is 212 g/mol. The van der Waals surface area contributed by atoms with Crippen LogP contribution in [0.1, 0.15) is 20.3 Å². The second kappa shape index (κ2) is 2.98. The molecule has 2 aliphatic heterocycles. The third kappa shape index (κ3) is 1.53. The smallest absolute Gasteiger partial charge is 0.150 e. The van der Waals surface area contributed by atoms with Gasteiger partial charge in [-0.25, -0.2) is 8.42 Å². The van der Waals surface area contributed by atoms with Gasteiger partial charge in [-0.15, -0.1) is 0 Å². The van der Waals surface area contributed by atoms with Crippen LogP contribution >= 0.6 is 0 Å². The van der Waals surface area contributed by atoms with E-state index in [0.29, 0.717) is 47.4 Å². The number of epoxide rings is 1. The Labute approximate surface area is 91.1 Å². The Morgan fingerprint density at radius 2 is 1.67 bits per heavy atom. The van der Waals surface area contributed by atoms with Crippen molar-refractivity contribution in [3.8, 4) is 0 Å². The summed E-state index contributed by atoms with van der Waals surface area (Å²) in [7, 11) is -2.75. The lowest BCUT2D eigenvalue weighted by molar-refractivity contribution is 0.274. The number of rotatable bonds is 1. The fourth-order valence-corrected chi connectivity index (χ4v) is 6.12. The first-order chi connectivity index (χ1) is 6.98. The summed E-state index contributed by atoms with van der Waals surface area (Å²) >= 11 is 0. The molecule has 3 rings (SSSR count). The lowest BCUT2D eigenvalue weighted by Gasteiger charge is -2.14. The van der Waals surface area contributed by atoms with E-state index in [1.165, 1.54) is 6.42 Å². The lowest BCUT2D eigenvalue weighted by Crippen LogP contribution is -2.20. The van der Waals surface area contributed by atoms with E-state index >= 15 is 0 Å². The van der Waals surface area contributed by atoms with Crippen molar-refractivity contribution in [3.05, 3.63) is 0 Å². The Balaban J connectivity index is 1.84. The minimum absolute atomic E-state index is 0.357. The monoisotopic (exact) mass is 230 g/mol. The van der Waals surface area contributed by atoms with Crippen molar-refractivity contribution in [2.75, 3.05) is 11.5 Å². The zero-order chi connectivity index (χ0) is 10.8. The van der Waals surface area contributed by atoms with E-state index in [1.54, 1.807) is 0 Å². The molecule has 0 N–H and O–H groups in total. The number of fused-ring (bicyclic) bond motifs is 1. The van der Waals surface area contributed by atoms with Gasteiger partial charge in [0, 0.05) is 0 Å². The molecule has 0 spiro atoms. The van der Waals surface area contributed by atoms with Crippen molar-refractivity contribution < 1.29 is 13.2 Å². The number of hydrogen-bond donors (Lipinski definition) is 0. The summed E-state index contributed by atoms with van der Waals surface area (Å²) in [5.41, 5.74) is 0. The molecule has 0 radical (unpaired) electrons. The van der Waals surface area contributed by atoms with Gasteiger partial charge in [-0.05, 0) is 37.0 Å². The average molecular weight is 230 g/mol. The molecule has 6 unspecified atom stereocenters. The molecule has 3 aliphatic rings. The predicted molar refractivity (Wildman–Crippen MR) is 57.2 cm³/mol. The first-order valence-electron chi connectivity index (χ1n) is 5.84. The summed E-state index contributed by atoms with van der Waals surface area (Å²) in [6.45, 7) is 4.29. The highest BCUT2D eigenvalue weighted by Gasteiger charge is 2.56. The molecule has 0 amide bonds. The standard InChI is InChI=1S/C11H18O3S/c1-6-3-8(11-7(2)14-11)10-5-15(12,13)4-9(6)10/h6-11H,3-5H2,1-2H3. The lowest BCUT2D eigenvalue weighted by atomic mass is 9.88. The number of sulfone groups is 1. The average Bonchev–Trinajstić information content (AvgIpc) is 2.64. The van der Waals surface area contributed by atoms with Crippen molar-refractivity contribution >= 4 is 9.84 Å². The van der Waals surface area contributed by atoms with Crippen LogP contribution in [0.5, 0.6) is 0 Å². The minimum atomic E-state index is -2.75. The Kier molecular flexibility index (Phi) is 2.00. The third-order valence-electron chi connectivity index (χ3n) is 4.55. The highest BCUT2D eigenvalue weighted by Crippen LogP contribution is 2.52. The molecule has 0 aromatic heterocycles. The first kappa shape index (κ1) is 10.1. The Hall–Kier alpha value is -0.0900. The first-order valence-corrected chi connectivity index (χ1v) is 7.66. The quantitative estimate of drug-likeness (QED) is 0.633. The van der Waals surface area contributed by atoms with Crippen LogP contribution in [0.3, 0.4) is 0 Å². The van der Waals surface area contributed by atoms with E-state index in [0.717, 1.165) is 0 Å². The van der Waals surface area contributed by atoms with E-state index in [9.17, 15) is 8.42 Å². The van der Waals surface area contributed by atoms with Crippen LogP contribution in [0.15, 0.2) is 0 Å². The summed E-state index contributed by atoms with van der Waals surface area (Å²) in [5, 5.41) is 0. The van der Waals surface area contributed by atoms with Crippen LogP contribution in [0.4, 0.5) is 0 Å². The summed E-state index contributed by atoms with van der Waals surface area (Å²) in [5.74, 6) is 2.72. The molecule has 0 bridgehead atoms. The van der Waals surface area contributed by atoms with Gasteiger partial charge in [0.2, 0.25) is 0 Å². The van der Waals surface area contributed by atoms with E-state index < -0.39 is 9.84 Å². The van der Waals surface area contributed by atoms with Crippen molar-refractivity contribution in [1.82, 2.24) is 0 Å². The van der Waals surface area contributed by atoms with Gasteiger partial charge in [-0.2, -0.15) is 0 Å². The van der Waals surface area contributed by atoms with Gasteiger partial charge in [0.1, 0.15) is 0 Å². The summed E-state index contributed by atoms with van der Waals surface area (Å²) < 4.78 is 28.8. The van der Waals surface area contributed by atoms with Gasteiger partial charge in [-0.1, -0.05) is 6.92 Å². The maximum absolute atomic E-state index is 11.6. The van der Waals surface area contributed by atoms with E-state index in [-0.39, 0.29) is 0 Å². The molecule has 0 aromatic rings. The second-order valence-electron chi connectivity index (χ2n) is 5.59. The van der Waals surface area contributed by atoms with Crippen molar-refractivity contribution in [3.63, 3.8) is 0 Å². The minimum Gasteiger partial charge on any atom is -0.370 e. The Morgan fingerprint density at radius 3 is 2.27 bits per heavy atom. The topological polar surface area (TPSA) is 46.7 Å². The van der Waals surface area contributed by atoms with E-state index in [4.69, 9.17) is 4.74 Å². The highest BCUT2D eigenvalue weighted by molar-refractivity contribution is 7.91. The Morgan fingerprint density at radius 1 is 1.07 bits per heavy atom. The van der Waals surface area contributed by atoms with E-state index in [1.807, 2.05) is 0 Å². The zero-order valence-electron chi connectivity index (χ0n) is 9.22. The van der Waals surface area contributed by atoms with Gasteiger partial charge in [0.25, 0.3) is 0 Å². The van der Waals surface area contributed by atoms with Gasteiger partial charge >= 0.3 is 0 Å². The van der Waals surface area contributed by atoms with Crippen LogP contribution in [0.25, 0.3) is 0 Å². The summed E-state index contributed by atoms with van der Waals surface area (Å²) in [6.07, 6.45) is 1.89. The molecule has 1 aliphatic carbocycles. The summed E-state index contributed by atoms with van der Waals surface area (Å²) in [4.78, 5) is 0. The maximum atomic E-state index is 11.6. The zero-order valence-corrected chi connectivity index (χ0v) is 10.0. The van der Waals surface area contributed by atoms with Crippen LogP contribution in [-0.4, -0.2) is 32.1 Å². The fourth-order valence-electron chi connectivity index (χ4n) is 3.74. The third-order valence-corrected chi connectivity index (χ3v) is 6.33. The van der Waals surface area contributed by atoms with Gasteiger partial charge in [0.05, 0.1) is 23.7 Å². The van der Waals surface area contributed by atoms with Crippen LogP contribution in [0.2, 0.25) is 0 Å². The molecule has 4 heteroatoms. The van der Waals surface area contributed by atoms with Gasteiger partial charge < -0.3 is 4.74 Å². The maximum Gasteiger partial charge on any atom is 0.150 e. The molecule has 0 aromatic carbocycles. The number of hydrogen-bond acceptors (Lipinski definition) is 3. The van der Waals surface area contributed by atoms with Gasteiger partial charge in [-0.3, -0.25) is 0 Å². The molecule has 6 atom stereocenters. The van der Waals surface area contributed by atoms with Crippen LogP contribution < -0.4 is 0 Å². The molecule has 1 saturated carbocycles. The Bertz CT molecular complexity index is 375.